The van der Waals surface area contributed by atoms with Gasteiger partial charge in [-0.3, -0.25) is 4.57 Å². The summed E-state index contributed by atoms with van der Waals surface area (Å²) in [5, 5.41) is 19.9. The lowest BCUT2D eigenvalue weighted by molar-refractivity contribution is 1.01. The number of allylic oxidation sites excluding steroid dienone is 5. The van der Waals surface area contributed by atoms with Crippen molar-refractivity contribution in [3.05, 3.63) is 194 Å². The summed E-state index contributed by atoms with van der Waals surface area (Å²) >= 11 is 0. The molecule has 0 radical (unpaired) electrons. The van der Waals surface area contributed by atoms with Gasteiger partial charge in [0.25, 0.3) is 0 Å². The fraction of sp³-hybridized carbons (Fsp3) is 0.0192. The van der Waals surface area contributed by atoms with Gasteiger partial charge in [-0.05, 0) is 104 Å². The predicted molar refractivity (Wildman–Crippen MR) is 235 cm³/mol. The molecule has 0 saturated heterocycles. The van der Waals surface area contributed by atoms with Crippen LogP contribution in [0.25, 0.3) is 98.9 Å². The Kier molecular flexibility index (Phi) is 7.87. The second-order valence-electron chi connectivity index (χ2n) is 14.3. The van der Waals surface area contributed by atoms with Crippen LogP contribution >= 0.6 is 0 Å². The van der Waals surface area contributed by atoms with Gasteiger partial charge in [-0.1, -0.05) is 140 Å². The highest BCUT2D eigenvalue weighted by Crippen LogP contribution is 2.40. The molecular formula is C52H34N4. The van der Waals surface area contributed by atoms with Crippen molar-refractivity contribution < 1.29 is 0 Å². The normalized spacial score (nSPS) is 12.3. The fourth-order valence-corrected chi connectivity index (χ4v) is 8.03. The minimum absolute atomic E-state index is 0.523. The molecule has 56 heavy (non-hydrogen) atoms. The molecule has 8 aromatic carbocycles. The molecule has 0 atom stereocenters. The van der Waals surface area contributed by atoms with Crippen molar-refractivity contribution in [2.24, 2.45) is 0 Å². The standard InChI is InChI=1S/C52H34N4/c1-3-34(32-53)17-16-33(2)35-18-21-38(22-19-35)51-45-26-24-43(42-23-20-36-10-4-5-12-39(36)28-42)30-47(45)54-52(55-51)56-48-27-25-37-11-8-9-15-44(37)50(48)46-29-40-13-6-7-14-41(40)31-49(46)56/h3-31H,1H2,2H3/b33-16+,34-17+. The third kappa shape index (κ3) is 5.54. The van der Waals surface area contributed by atoms with Crippen LogP contribution in [-0.2, 0) is 0 Å². The maximum absolute atomic E-state index is 9.35. The van der Waals surface area contributed by atoms with Crippen molar-refractivity contribution in [3.63, 3.8) is 0 Å². The van der Waals surface area contributed by atoms with Gasteiger partial charge in [-0.25, -0.2) is 9.97 Å². The zero-order valence-electron chi connectivity index (χ0n) is 30.7. The first-order valence-corrected chi connectivity index (χ1v) is 18.7. The highest BCUT2D eigenvalue weighted by Gasteiger charge is 2.20. The fourth-order valence-electron chi connectivity index (χ4n) is 8.03. The van der Waals surface area contributed by atoms with Crippen LogP contribution in [0.2, 0.25) is 0 Å². The van der Waals surface area contributed by atoms with E-state index in [2.05, 4.69) is 175 Å². The van der Waals surface area contributed by atoms with Gasteiger partial charge in [0.1, 0.15) is 0 Å². The molecule has 4 heteroatoms. The second-order valence-corrected chi connectivity index (χ2v) is 14.3. The largest absolute Gasteiger partial charge is 0.278 e. The van der Waals surface area contributed by atoms with Crippen LogP contribution < -0.4 is 0 Å². The summed E-state index contributed by atoms with van der Waals surface area (Å²) in [5.41, 5.74) is 9.70. The number of fused-ring (bicyclic) bond motifs is 8. The van der Waals surface area contributed by atoms with E-state index in [4.69, 9.17) is 9.97 Å². The Labute approximate surface area is 324 Å². The molecule has 0 aliphatic rings. The van der Waals surface area contributed by atoms with Crippen molar-refractivity contribution in [2.75, 3.05) is 0 Å². The zero-order valence-corrected chi connectivity index (χ0v) is 30.7. The molecule has 4 nitrogen and oxygen atoms in total. The lowest BCUT2D eigenvalue weighted by Gasteiger charge is -2.14. The van der Waals surface area contributed by atoms with Crippen molar-refractivity contribution in [2.45, 2.75) is 6.92 Å². The predicted octanol–water partition coefficient (Wildman–Crippen LogP) is 13.6. The van der Waals surface area contributed by atoms with Crippen LogP contribution in [0.1, 0.15) is 12.5 Å². The first kappa shape index (κ1) is 33.0. The van der Waals surface area contributed by atoms with Gasteiger partial charge in [0.2, 0.25) is 5.95 Å². The maximum atomic E-state index is 9.35. The molecule has 0 spiro atoms. The summed E-state index contributed by atoms with van der Waals surface area (Å²) in [6.45, 7) is 5.79. The van der Waals surface area contributed by atoms with Gasteiger partial charge in [0.05, 0.1) is 33.9 Å². The third-order valence-corrected chi connectivity index (χ3v) is 11.0. The molecule has 0 fully saturated rings. The lowest BCUT2D eigenvalue weighted by atomic mass is 9.98. The van der Waals surface area contributed by atoms with Gasteiger partial charge in [-0.15, -0.1) is 0 Å². The Bertz CT molecular complexity index is 3340. The Hall–Kier alpha value is -7.61. The second kappa shape index (κ2) is 13.4. The van der Waals surface area contributed by atoms with Crippen LogP contribution in [0.3, 0.4) is 0 Å². The summed E-state index contributed by atoms with van der Waals surface area (Å²) in [5.74, 6) is 0.618. The van der Waals surface area contributed by atoms with Crippen LogP contribution in [0, 0.1) is 11.3 Å². The highest BCUT2D eigenvalue weighted by atomic mass is 15.2. The Balaban J connectivity index is 1.23. The smallest absolute Gasteiger partial charge is 0.235 e. The van der Waals surface area contributed by atoms with Crippen LogP contribution in [-0.4, -0.2) is 14.5 Å². The molecule has 0 N–H and O–H groups in total. The van der Waals surface area contributed by atoms with E-state index in [9.17, 15) is 5.26 Å². The Morgan fingerprint density at radius 1 is 0.571 bits per heavy atom. The minimum Gasteiger partial charge on any atom is -0.278 e. The molecule has 0 saturated carbocycles. The zero-order chi connectivity index (χ0) is 37.8. The topological polar surface area (TPSA) is 54.5 Å². The quantitative estimate of drug-likeness (QED) is 0.127. The van der Waals surface area contributed by atoms with E-state index in [1.165, 1.54) is 37.7 Å². The summed E-state index contributed by atoms with van der Waals surface area (Å²) in [4.78, 5) is 10.9. The lowest BCUT2D eigenvalue weighted by Crippen LogP contribution is -2.03. The van der Waals surface area contributed by atoms with Gasteiger partial charge >= 0.3 is 0 Å². The molecule has 0 bridgehead atoms. The van der Waals surface area contributed by atoms with Crippen molar-refractivity contribution >= 4 is 70.6 Å². The van der Waals surface area contributed by atoms with E-state index in [-0.39, 0.29) is 0 Å². The molecule has 262 valence electrons. The van der Waals surface area contributed by atoms with E-state index >= 15 is 0 Å². The van der Waals surface area contributed by atoms with Gasteiger partial charge in [-0.2, -0.15) is 5.26 Å². The first-order chi connectivity index (χ1) is 27.6. The molecule has 0 aliphatic heterocycles. The number of nitrogens with zero attached hydrogens (tertiary/aromatic N) is 4. The SMILES string of the molecule is C=C/C(C#N)=C\C=C(/C)c1ccc(-c2nc(-n3c4cc5ccccc5cc4c4c5ccccc5ccc43)nc3cc(-c4ccc5ccccc5c4)ccc23)cc1. The average Bonchev–Trinajstić information content (AvgIpc) is 3.58. The molecule has 0 aliphatic carbocycles. The minimum atomic E-state index is 0.523. The van der Waals surface area contributed by atoms with Crippen LogP contribution in [0.15, 0.2) is 188 Å². The monoisotopic (exact) mass is 714 g/mol. The Morgan fingerprint density at radius 3 is 1.98 bits per heavy atom. The summed E-state index contributed by atoms with van der Waals surface area (Å²) in [6.07, 6.45) is 5.32. The van der Waals surface area contributed by atoms with E-state index in [1.807, 2.05) is 13.0 Å². The maximum Gasteiger partial charge on any atom is 0.235 e. The van der Waals surface area contributed by atoms with E-state index in [0.29, 0.717) is 11.5 Å². The van der Waals surface area contributed by atoms with Crippen molar-refractivity contribution in [1.82, 2.24) is 14.5 Å². The van der Waals surface area contributed by atoms with Crippen LogP contribution in [0.4, 0.5) is 0 Å². The van der Waals surface area contributed by atoms with Gasteiger partial charge in [0, 0.05) is 21.7 Å². The molecular weight excluding hydrogens is 681 g/mol. The van der Waals surface area contributed by atoms with E-state index < -0.39 is 0 Å². The number of benzene rings is 8. The third-order valence-electron chi connectivity index (χ3n) is 11.0. The van der Waals surface area contributed by atoms with E-state index in [1.54, 1.807) is 12.2 Å². The summed E-state index contributed by atoms with van der Waals surface area (Å²) in [7, 11) is 0. The number of rotatable bonds is 6. The molecule has 2 aromatic heterocycles. The number of hydrogen-bond acceptors (Lipinski definition) is 3. The molecule has 10 aromatic rings. The molecule has 0 amide bonds. The first-order valence-electron chi connectivity index (χ1n) is 18.7. The van der Waals surface area contributed by atoms with Gasteiger partial charge < -0.3 is 0 Å². The molecule has 2 heterocycles. The van der Waals surface area contributed by atoms with Crippen molar-refractivity contribution in [3.8, 4) is 34.4 Å². The van der Waals surface area contributed by atoms with Crippen LogP contribution in [0.5, 0.6) is 0 Å². The molecule has 0 unspecified atom stereocenters. The highest BCUT2D eigenvalue weighted by molar-refractivity contribution is 6.23. The molecule has 10 rings (SSSR count). The summed E-state index contributed by atoms with van der Waals surface area (Å²) < 4.78 is 2.25. The number of aromatic nitrogens is 3. The van der Waals surface area contributed by atoms with Crippen molar-refractivity contribution in [1.29, 1.82) is 5.26 Å². The number of hydrogen-bond donors (Lipinski definition) is 0. The van der Waals surface area contributed by atoms with E-state index in [0.717, 1.165) is 60.8 Å². The Morgan fingerprint density at radius 2 is 1.21 bits per heavy atom. The average molecular weight is 715 g/mol. The summed E-state index contributed by atoms with van der Waals surface area (Å²) in [6, 6.07) is 58.4. The van der Waals surface area contributed by atoms with Gasteiger partial charge in [0.15, 0.2) is 0 Å². The number of nitriles is 1.